The number of esters is 1. The molecule has 0 aromatic heterocycles. The van der Waals surface area contributed by atoms with E-state index in [-0.39, 0.29) is 18.5 Å². The second kappa shape index (κ2) is 5.23. The zero-order valence-corrected chi connectivity index (χ0v) is 9.80. The summed E-state index contributed by atoms with van der Waals surface area (Å²) in [4.78, 5) is 11.5. The maximum Gasteiger partial charge on any atom is 0.313 e. The number of rotatable bonds is 4. The van der Waals surface area contributed by atoms with Gasteiger partial charge in [-0.3, -0.25) is 4.79 Å². The lowest BCUT2D eigenvalue weighted by Gasteiger charge is -2.24. The zero-order chi connectivity index (χ0) is 13.1. The molecule has 0 saturated carbocycles. The smallest absolute Gasteiger partial charge is 0.313 e. The highest BCUT2D eigenvalue weighted by Gasteiger charge is 2.34. The number of methoxy groups -OCH3 is 1. The Balaban J connectivity index is 3.03. The lowest BCUT2D eigenvalue weighted by Crippen LogP contribution is -2.39. The summed E-state index contributed by atoms with van der Waals surface area (Å²) < 4.78 is 31.1. The van der Waals surface area contributed by atoms with Crippen molar-refractivity contribution in [3.05, 3.63) is 35.4 Å². The second-order valence-corrected chi connectivity index (χ2v) is 4.15. The lowest BCUT2D eigenvalue weighted by molar-refractivity contribution is -0.151. The Morgan fingerprint density at radius 3 is 2.65 bits per heavy atom. The molecular weight excluding hydrogens is 228 g/mol. The largest absolute Gasteiger partial charge is 0.469 e. The molecule has 0 aliphatic heterocycles. The van der Waals surface area contributed by atoms with E-state index in [9.17, 15) is 13.6 Å². The van der Waals surface area contributed by atoms with E-state index in [1.807, 2.05) is 0 Å². The van der Waals surface area contributed by atoms with E-state index in [4.69, 9.17) is 5.73 Å². The molecular formula is C12H15F2NO2. The van der Waals surface area contributed by atoms with Crippen LogP contribution in [0.2, 0.25) is 0 Å². The molecule has 17 heavy (non-hydrogen) atoms. The molecule has 1 atom stereocenters. The summed E-state index contributed by atoms with van der Waals surface area (Å²) in [5.41, 5.74) is 4.56. The van der Waals surface area contributed by atoms with Gasteiger partial charge in [-0.15, -0.1) is 0 Å². The molecule has 5 heteroatoms. The Bertz CT molecular complexity index is 423. The highest BCUT2D eigenvalue weighted by atomic mass is 19.2. The van der Waals surface area contributed by atoms with Gasteiger partial charge < -0.3 is 10.5 Å². The molecule has 3 nitrogen and oxygen atoms in total. The lowest BCUT2D eigenvalue weighted by atomic mass is 9.83. The number of ether oxygens (including phenoxy) is 1. The fourth-order valence-corrected chi connectivity index (χ4v) is 1.58. The second-order valence-electron chi connectivity index (χ2n) is 4.15. The first-order valence-electron chi connectivity index (χ1n) is 5.16. The summed E-state index contributed by atoms with van der Waals surface area (Å²) in [6.45, 7) is 1.55. The van der Waals surface area contributed by atoms with Crippen LogP contribution in [0.15, 0.2) is 18.2 Å². The van der Waals surface area contributed by atoms with Crippen LogP contribution in [0.25, 0.3) is 0 Å². The number of hydrogen-bond acceptors (Lipinski definition) is 3. The number of hydrogen-bond donors (Lipinski definition) is 1. The van der Waals surface area contributed by atoms with Crippen LogP contribution in [0.1, 0.15) is 12.5 Å². The van der Waals surface area contributed by atoms with Gasteiger partial charge >= 0.3 is 5.97 Å². The van der Waals surface area contributed by atoms with E-state index in [1.54, 1.807) is 6.92 Å². The summed E-state index contributed by atoms with van der Waals surface area (Å²) in [5.74, 6) is -2.42. The number of carbonyl (C=O) groups excluding carboxylic acids is 1. The van der Waals surface area contributed by atoms with E-state index >= 15 is 0 Å². The minimum absolute atomic E-state index is 0.000231. The molecule has 2 N–H and O–H groups in total. The van der Waals surface area contributed by atoms with Crippen LogP contribution in [0, 0.1) is 17.0 Å². The molecule has 1 unspecified atom stereocenters. The average Bonchev–Trinajstić information content (AvgIpc) is 2.33. The maximum atomic E-state index is 13.5. The van der Waals surface area contributed by atoms with E-state index in [2.05, 4.69) is 4.74 Å². The van der Waals surface area contributed by atoms with Gasteiger partial charge in [-0.05, 0) is 25.0 Å². The Morgan fingerprint density at radius 2 is 2.12 bits per heavy atom. The molecule has 0 heterocycles. The molecule has 1 aromatic carbocycles. The molecule has 0 aliphatic carbocycles. The molecule has 0 amide bonds. The standard InChI is InChI=1S/C12H15F2NO2/c1-12(7-15,11(16)17-2)6-8-4-3-5-9(13)10(8)14/h3-5H,6-7,15H2,1-2H3. The summed E-state index contributed by atoms with van der Waals surface area (Å²) in [5, 5.41) is 0. The molecule has 0 fully saturated rings. The fourth-order valence-electron chi connectivity index (χ4n) is 1.58. The first-order valence-corrected chi connectivity index (χ1v) is 5.16. The van der Waals surface area contributed by atoms with Crippen LogP contribution < -0.4 is 5.73 Å². The predicted molar refractivity (Wildman–Crippen MR) is 59.2 cm³/mol. The third kappa shape index (κ3) is 2.79. The van der Waals surface area contributed by atoms with Crippen LogP contribution in [0.4, 0.5) is 8.78 Å². The molecule has 0 bridgehead atoms. The summed E-state index contributed by atoms with van der Waals surface area (Å²) in [6.07, 6.45) is -0.000231. The topological polar surface area (TPSA) is 52.3 Å². The summed E-state index contributed by atoms with van der Waals surface area (Å²) in [6, 6.07) is 3.84. The van der Waals surface area contributed by atoms with Crippen molar-refractivity contribution >= 4 is 5.97 Å². The van der Waals surface area contributed by atoms with Crippen molar-refractivity contribution in [3.63, 3.8) is 0 Å². The normalized spacial score (nSPS) is 14.2. The molecule has 0 aliphatic rings. The fraction of sp³-hybridized carbons (Fsp3) is 0.417. The SMILES string of the molecule is COC(=O)C(C)(CN)Cc1cccc(F)c1F. The van der Waals surface area contributed by atoms with Gasteiger partial charge in [0.1, 0.15) is 0 Å². The van der Waals surface area contributed by atoms with E-state index in [1.165, 1.54) is 19.2 Å². The van der Waals surface area contributed by atoms with Crippen molar-refractivity contribution in [1.82, 2.24) is 0 Å². The van der Waals surface area contributed by atoms with Gasteiger partial charge in [0.25, 0.3) is 0 Å². The molecule has 0 spiro atoms. The minimum atomic E-state index is -1.05. The number of carbonyl (C=O) groups is 1. The van der Waals surface area contributed by atoms with Crippen molar-refractivity contribution in [2.24, 2.45) is 11.1 Å². The van der Waals surface area contributed by atoms with Crippen molar-refractivity contribution in [2.45, 2.75) is 13.3 Å². The van der Waals surface area contributed by atoms with E-state index < -0.39 is 23.0 Å². The van der Waals surface area contributed by atoms with Crippen LogP contribution in [0.3, 0.4) is 0 Å². The number of nitrogens with two attached hydrogens (primary N) is 1. The number of halogens is 2. The van der Waals surface area contributed by atoms with Crippen molar-refractivity contribution in [2.75, 3.05) is 13.7 Å². The van der Waals surface area contributed by atoms with Crippen LogP contribution in [-0.4, -0.2) is 19.6 Å². The molecule has 94 valence electrons. The minimum Gasteiger partial charge on any atom is -0.469 e. The molecule has 0 radical (unpaired) electrons. The first kappa shape index (κ1) is 13.6. The Morgan fingerprint density at radius 1 is 1.47 bits per heavy atom. The van der Waals surface area contributed by atoms with Crippen LogP contribution in [-0.2, 0) is 16.0 Å². The molecule has 1 rings (SSSR count). The van der Waals surface area contributed by atoms with Gasteiger partial charge in [0.15, 0.2) is 11.6 Å². The Kier molecular flexibility index (Phi) is 4.17. The van der Waals surface area contributed by atoms with Gasteiger partial charge in [-0.2, -0.15) is 0 Å². The van der Waals surface area contributed by atoms with Gasteiger partial charge in [-0.25, -0.2) is 8.78 Å². The highest BCUT2D eigenvalue weighted by molar-refractivity contribution is 5.77. The summed E-state index contributed by atoms with van der Waals surface area (Å²) >= 11 is 0. The molecule has 1 aromatic rings. The van der Waals surface area contributed by atoms with Gasteiger partial charge in [-0.1, -0.05) is 12.1 Å². The Hall–Kier alpha value is -1.49. The van der Waals surface area contributed by atoms with Gasteiger partial charge in [0.05, 0.1) is 12.5 Å². The maximum absolute atomic E-state index is 13.5. The van der Waals surface area contributed by atoms with Crippen LogP contribution >= 0.6 is 0 Å². The average molecular weight is 243 g/mol. The highest BCUT2D eigenvalue weighted by Crippen LogP contribution is 2.25. The molecule has 0 saturated heterocycles. The first-order chi connectivity index (χ1) is 7.94. The predicted octanol–water partition coefficient (Wildman–Crippen LogP) is 1.65. The zero-order valence-electron chi connectivity index (χ0n) is 9.80. The van der Waals surface area contributed by atoms with E-state index in [0.29, 0.717) is 0 Å². The van der Waals surface area contributed by atoms with Crippen molar-refractivity contribution < 1.29 is 18.3 Å². The Labute approximate surface area is 98.6 Å². The number of benzene rings is 1. The third-order valence-corrected chi connectivity index (χ3v) is 2.74. The van der Waals surface area contributed by atoms with Crippen LogP contribution in [0.5, 0.6) is 0 Å². The summed E-state index contributed by atoms with van der Waals surface area (Å²) in [7, 11) is 1.23. The van der Waals surface area contributed by atoms with Gasteiger partial charge in [0.2, 0.25) is 0 Å². The van der Waals surface area contributed by atoms with Gasteiger partial charge in [0, 0.05) is 6.54 Å². The van der Waals surface area contributed by atoms with Crippen molar-refractivity contribution in [1.29, 1.82) is 0 Å². The van der Waals surface area contributed by atoms with Crippen molar-refractivity contribution in [3.8, 4) is 0 Å². The third-order valence-electron chi connectivity index (χ3n) is 2.74. The van der Waals surface area contributed by atoms with E-state index in [0.717, 1.165) is 6.07 Å². The monoisotopic (exact) mass is 243 g/mol. The quantitative estimate of drug-likeness (QED) is 0.818.